The number of carbonyl (C=O) groups excluding carboxylic acids is 1. The molecule has 0 aliphatic carbocycles. The van der Waals surface area contributed by atoms with Crippen molar-refractivity contribution in [1.82, 2.24) is 0 Å². The first-order valence-electron chi connectivity index (χ1n) is 5.44. The van der Waals surface area contributed by atoms with Gasteiger partial charge in [-0.15, -0.1) is 0 Å². The highest BCUT2D eigenvalue weighted by Gasteiger charge is 2.07. The number of hydrogen-bond acceptors (Lipinski definition) is 1. The number of aryl methyl sites for hydroxylation is 2. The first-order chi connectivity index (χ1) is 8.11. The number of benzene rings is 2. The summed E-state index contributed by atoms with van der Waals surface area (Å²) in [6, 6.07) is 10.6. The van der Waals surface area contributed by atoms with E-state index in [0.29, 0.717) is 11.1 Å². The summed E-state index contributed by atoms with van der Waals surface area (Å²) in [5, 5.41) is 0. The maximum atomic E-state index is 13.5. The minimum absolute atomic E-state index is 0.249. The Hall–Kier alpha value is -1.96. The van der Waals surface area contributed by atoms with Crippen molar-refractivity contribution in [3.05, 3.63) is 58.9 Å². The van der Waals surface area contributed by atoms with E-state index in [2.05, 4.69) is 0 Å². The van der Waals surface area contributed by atoms with E-state index in [9.17, 15) is 9.18 Å². The van der Waals surface area contributed by atoms with Gasteiger partial charge < -0.3 is 0 Å². The van der Waals surface area contributed by atoms with Crippen LogP contribution in [0.3, 0.4) is 0 Å². The van der Waals surface area contributed by atoms with Crippen molar-refractivity contribution in [2.45, 2.75) is 13.8 Å². The van der Waals surface area contributed by atoms with E-state index >= 15 is 0 Å². The summed E-state index contributed by atoms with van der Waals surface area (Å²) in [7, 11) is 0. The van der Waals surface area contributed by atoms with E-state index in [1.165, 1.54) is 6.07 Å². The Bertz CT molecular complexity index is 573. The molecule has 2 aromatic rings. The van der Waals surface area contributed by atoms with E-state index in [1.807, 2.05) is 25.1 Å². The van der Waals surface area contributed by atoms with Gasteiger partial charge in [-0.25, -0.2) is 4.39 Å². The molecule has 2 rings (SSSR count). The highest BCUT2D eigenvalue weighted by Crippen LogP contribution is 2.25. The lowest BCUT2D eigenvalue weighted by Gasteiger charge is -2.07. The Morgan fingerprint density at radius 1 is 1.06 bits per heavy atom. The van der Waals surface area contributed by atoms with Gasteiger partial charge in [-0.3, -0.25) is 4.79 Å². The average Bonchev–Trinajstić information content (AvgIpc) is 2.32. The summed E-state index contributed by atoms with van der Waals surface area (Å²) >= 11 is 0. The minimum atomic E-state index is -0.249. The molecule has 0 amide bonds. The van der Waals surface area contributed by atoms with Crippen molar-refractivity contribution in [1.29, 1.82) is 0 Å². The predicted molar refractivity (Wildman–Crippen MR) is 66.7 cm³/mol. The normalized spacial score (nSPS) is 10.3. The molecule has 0 spiro atoms. The van der Waals surface area contributed by atoms with E-state index in [4.69, 9.17) is 0 Å². The lowest BCUT2D eigenvalue weighted by atomic mass is 9.97. The molecule has 0 unspecified atom stereocenters. The molecule has 0 N–H and O–H groups in total. The maximum absolute atomic E-state index is 13.5. The van der Waals surface area contributed by atoms with E-state index in [1.54, 1.807) is 19.1 Å². The quantitative estimate of drug-likeness (QED) is 0.712. The third-order valence-electron chi connectivity index (χ3n) is 2.82. The van der Waals surface area contributed by atoms with Crippen LogP contribution in [0.25, 0.3) is 11.1 Å². The molecular weight excluding hydrogens is 215 g/mol. The molecule has 0 radical (unpaired) electrons. The topological polar surface area (TPSA) is 17.1 Å². The van der Waals surface area contributed by atoms with Crippen LogP contribution in [0.1, 0.15) is 21.5 Å². The summed E-state index contributed by atoms with van der Waals surface area (Å²) in [4.78, 5) is 11.0. The summed E-state index contributed by atoms with van der Waals surface area (Å²) in [5.74, 6) is -0.249. The zero-order chi connectivity index (χ0) is 12.4. The Morgan fingerprint density at radius 3 is 2.47 bits per heavy atom. The van der Waals surface area contributed by atoms with Crippen molar-refractivity contribution in [2.24, 2.45) is 0 Å². The molecule has 0 aliphatic heterocycles. The van der Waals surface area contributed by atoms with Crippen molar-refractivity contribution < 1.29 is 9.18 Å². The highest BCUT2D eigenvalue weighted by atomic mass is 19.1. The van der Waals surface area contributed by atoms with Crippen LogP contribution in [0.15, 0.2) is 36.4 Å². The highest BCUT2D eigenvalue weighted by molar-refractivity contribution is 5.87. The van der Waals surface area contributed by atoms with E-state index in [0.717, 1.165) is 23.0 Å². The Kier molecular flexibility index (Phi) is 3.05. The second-order valence-corrected chi connectivity index (χ2v) is 4.17. The molecule has 1 nitrogen and oxygen atoms in total. The van der Waals surface area contributed by atoms with Crippen molar-refractivity contribution in [3.63, 3.8) is 0 Å². The fourth-order valence-electron chi connectivity index (χ4n) is 1.78. The number of rotatable bonds is 2. The molecular formula is C15H13FO. The number of hydrogen-bond donors (Lipinski definition) is 0. The number of carbonyl (C=O) groups is 1. The summed E-state index contributed by atoms with van der Waals surface area (Å²) in [6.07, 6.45) is 0.798. The summed E-state index contributed by atoms with van der Waals surface area (Å²) in [6.45, 7) is 3.67. The van der Waals surface area contributed by atoms with Gasteiger partial charge in [-0.2, -0.15) is 0 Å². The number of aldehydes is 1. The van der Waals surface area contributed by atoms with Crippen LogP contribution in [0.4, 0.5) is 4.39 Å². The lowest BCUT2D eigenvalue weighted by Crippen LogP contribution is -1.90. The van der Waals surface area contributed by atoms with Crippen LogP contribution in [0.2, 0.25) is 0 Å². The average molecular weight is 228 g/mol. The second-order valence-electron chi connectivity index (χ2n) is 4.17. The van der Waals surface area contributed by atoms with Crippen molar-refractivity contribution in [3.8, 4) is 11.1 Å². The maximum Gasteiger partial charge on any atom is 0.150 e. The molecule has 0 aromatic heterocycles. The van der Waals surface area contributed by atoms with Crippen LogP contribution in [-0.2, 0) is 0 Å². The molecule has 0 atom stereocenters. The SMILES string of the molecule is Cc1ccc(C=O)c(-c2ccc(C)c(F)c2)c1. The number of halogens is 1. The monoisotopic (exact) mass is 228 g/mol. The van der Waals surface area contributed by atoms with Gasteiger partial charge in [-0.1, -0.05) is 35.9 Å². The van der Waals surface area contributed by atoms with Gasteiger partial charge in [-0.05, 0) is 36.6 Å². The van der Waals surface area contributed by atoms with Gasteiger partial charge in [0.25, 0.3) is 0 Å². The molecule has 86 valence electrons. The van der Waals surface area contributed by atoms with Crippen LogP contribution in [0, 0.1) is 19.7 Å². The largest absolute Gasteiger partial charge is 0.298 e. The first kappa shape index (κ1) is 11.5. The van der Waals surface area contributed by atoms with Crippen LogP contribution < -0.4 is 0 Å². The molecule has 0 saturated heterocycles. The molecule has 0 aliphatic rings. The van der Waals surface area contributed by atoms with Gasteiger partial charge in [0, 0.05) is 5.56 Å². The third kappa shape index (κ3) is 2.26. The summed E-state index contributed by atoms with van der Waals surface area (Å²) in [5.41, 5.74) is 3.75. The van der Waals surface area contributed by atoms with Crippen LogP contribution in [0.5, 0.6) is 0 Å². The third-order valence-corrected chi connectivity index (χ3v) is 2.82. The van der Waals surface area contributed by atoms with Crippen LogP contribution in [-0.4, -0.2) is 6.29 Å². The lowest BCUT2D eigenvalue weighted by molar-refractivity contribution is 0.112. The smallest absolute Gasteiger partial charge is 0.150 e. The zero-order valence-electron chi connectivity index (χ0n) is 9.83. The Balaban J connectivity index is 2.62. The van der Waals surface area contributed by atoms with E-state index in [-0.39, 0.29) is 5.82 Å². The van der Waals surface area contributed by atoms with Gasteiger partial charge >= 0.3 is 0 Å². The molecule has 0 saturated carbocycles. The molecule has 0 fully saturated rings. The predicted octanol–water partition coefficient (Wildman–Crippen LogP) is 3.92. The van der Waals surface area contributed by atoms with Gasteiger partial charge in [0.05, 0.1) is 0 Å². The Morgan fingerprint density at radius 2 is 1.82 bits per heavy atom. The second kappa shape index (κ2) is 4.50. The van der Waals surface area contributed by atoms with Crippen molar-refractivity contribution >= 4 is 6.29 Å². The zero-order valence-corrected chi connectivity index (χ0v) is 9.83. The van der Waals surface area contributed by atoms with Gasteiger partial charge in [0.2, 0.25) is 0 Å². The molecule has 17 heavy (non-hydrogen) atoms. The van der Waals surface area contributed by atoms with Crippen LogP contribution >= 0.6 is 0 Å². The molecule has 2 heteroatoms. The molecule has 0 heterocycles. The molecule has 0 bridgehead atoms. The minimum Gasteiger partial charge on any atom is -0.298 e. The van der Waals surface area contributed by atoms with E-state index < -0.39 is 0 Å². The molecule has 2 aromatic carbocycles. The fourth-order valence-corrected chi connectivity index (χ4v) is 1.78. The van der Waals surface area contributed by atoms with Gasteiger partial charge in [0.1, 0.15) is 5.82 Å². The fraction of sp³-hybridized carbons (Fsp3) is 0.133. The van der Waals surface area contributed by atoms with Gasteiger partial charge in [0.15, 0.2) is 6.29 Å². The summed E-state index contributed by atoms with van der Waals surface area (Å²) < 4.78 is 13.5. The standard InChI is InChI=1S/C15H13FO/c1-10-3-5-13(9-17)14(7-10)12-6-4-11(2)15(16)8-12/h3-9H,1-2H3. The van der Waals surface area contributed by atoms with Crippen molar-refractivity contribution in [2.75, 3.05) is 0 Å². The first-order valence-corrected chi connectivity index (χ1v) is 5.44. The Labute approximate surface area is 99.9 Å².